The number of nitrogens with zero attached hydrogens (tertiary/aromatic N) is 1. The molecule has 0 aliphatic carbocycles. The molecule has 8 nitrogen and oxygen atoms in total. The average molecular weight is 329 g/mol. The highest BCUT2D eigenvalue weighted by molar-refractivity contribution is 7.89. The molecule has 0 aromatic heterocycles. The summed E-state index contributed by atoms with van der Waals surface area (Å²) >= 11 is 0. The van der Waals surface area contributed by atoms with E-state index in [4.69, 9.17) is 11.5 Å². The maximum absolute atomic E-state index is 12.6. The van der Waals surface area contributed by atoms with Crippen LogP contribution >= 0.6 is 0 Å². The number of anilines is 2. The van der Waals surface area contributed by atoms with Crippen molar-refractivity contribution in [2.75, 3.05) is 37.8 Å². The summed E-state index contributed by atoms with van der Waals surface area (Å²) in [5.41, 5.74) is 12.0. The van der Waals surface area contributed by atoms with E-state index in [1.807, 2.05) is 0 Å². The highest BCUT2D eigenvalue weighted by atomic mass is 32.2. The first-order chi connectivity index (χ1) is 10.4. The Labute approximate surface area is 130 Å². The number of primary amides is 1. The van der Waals surface area contributed by atoms with Crippen LogP contribution in [0.4, 0.5) is 16.2 Å². The lowest BCUT2D eigenvalue weighted by atomic mass is 10.2. The van der Waals surface area contributed by atoms with Crippen LogP contribution in [-0.2, 0) is 10.0 Å². The third-order valence-corrected chi connectivity index (χ3v) is 4.97. The van der Waals surface area contributed by atoms with Crippen molar-refractivity contribution in [2.45, 2.75) is 17.7 Å². The third kappa shape index (κ3) is 4.01. The minimum absolute atomic E-state index is 0.00222. The van der Waals surface area contributed by atoms with E-state index in [2.05, 4.69) is 10.6 Å². The van der Waals surface area contributed by atoms with E-state index in [0.29, 0.717) is 29.4 Å². The van der Waals surface area contributed by atoms with E-state index in [0.717, 1.165) is 5.69 Å². The van der Waals surface area contributed by atoms with Gasteiger partial charge in [-0.2, -0.15) is 0 Å². The van der Waals surface area contributed by atoms with E-state index in [1.54, 1.807) is 20.2 Å². The lowest BCUT2D eigenvalue weighted by molar-refractivity contribution is 0.231. The highest BCUT2D eigenvalue weighted by Crippen LogP contribution is 2.26. The van der Waals surface area contributed by atoms with Crippen molar-refractivity contribution < 1.29 is 13.2 Å². The molecule has 1 aromatic rings. The maximum atomic E-state index is 12.6. The van der Waals surface area contributed by atoms with Crippen LogP contribution in [0, 0.1) is 0 Å². The number of carbonyl (C=O) groups is 1. The molecule has 1 aromatic carbocycles. The Morgan fingerprint density at radius 1 is 1.18 bits per heavy atom. The molecule has 9 heteroatoms. The number of carbonyl (C=O) groups excluding carboxylic acids is 1. The van der Waals surface area contributed by atoms with Gasteiger partial charge in [0.25, 0.3) is 10.0 Å². The van der Waals surface area contributed by atoms with Crippen LogP contribution in [-0.4, -0.2) is 45.9 Å². The second-order valence-corrected chi connectivity index (χ2v) is 6.48. The minimum Gasteiger partial charge on any atom is -0.386 e. The maximum Gasteiger partial charge on any atom is 0.328 e. The van der Waals surface area contributed by atoms with Crippen LogP contribution < -0.4 is 22.1 Å². The monoisotopic (exact) mass is 329 g/mol. The molecule has 124 valence electrons. The summed E-state index contributed by atoms with van der Waals surface area (Å²) in [5, 5.41) is 5.84. The molecule has 0 spiro atoms. The Kier molecular flexibility index (Phi) is 6.44. The van der Waals surface area contributed by atoms with Gasteiger partial charge >= 0.3 is 6.03 Å². The van der Waals surface area contributed by atoms with E-state index in [-0.39, 0.29) is 11.4 Å². The Balaban J connectivity index is 3.16. The molecule has 0 saturated heterocycles. The Morgan fingerprint density at radius 2 is 1.82 bits per heavy atom. The molecule has 22 heavy (non-hydrogen) atoms. The second kappa shape index (κ2) is 7.85. The summed E-state index contributed by atoms with van der Waals surface area (Å²) in [5.74, 6) is 0. The van der Waals surface area contributed by atoms with Crippen molar-refractivity contribution in [3.8, 4) is 0 Å². The van der Waals surface area contributed by atoms with Gasteiger partial charge in [-0.1, -0.05) is 0 Å². The molecule has 0 unspecified atom stereocenters. The van der Waals surface area contributed by atoms with Crippen molar-refractivity contribution >= 4 is 27.4 Å². The van der Waals surface area contributed by atoms with Gasteiger partial charge < -0.3 is 22.1 Å². The largest absolute Gasteiger partial charge is 0.386 e. The van der Waals surface area contributed by atoms with Gasteiger partial charge in [0, 0.05) is 20.6 Å². The third-order valence-electron chi connectivity index (χ3n) is 3.18. The molecular weight excluding hydrogens is 306 g/mol. The minimum atomic E-state index is -3.99. The molecule has 0 atom stereocenters. The zero-order valence-corrected chi connectivity index (χ0v) is 13.6. The Morgan fingerprint density at radius 3 is 2.32 bits per heavy atom. The molecule has 1 rings (SSSR count). The van der Waals surface area contributed by atoms with E-state index >= 15 is 0 Å². The number of amides is 2. The molecule has 0 aliphatic rings. The van der Waals surface area contributed by atoms with Crippen LogP contribution in [0.15, 0.2) is 23.1 Å². The molecule has 0 fully saturated rings. The SMILES string of the molecule is CNc1ccc(S(=O)(=O)N(CCCCN)C(N)=O)cc1NC. The molecule has 0 radical (unpaired) electrons. The summed E-state index contributed by atoms with van der Waals surface area (Å²) in [6.45, 7) is 0.435. The number of nitrogens with one attached hydrogen (secondary N) is 2. The van der Waals surface area contributed by atoms with Crippen molar-refractivity contribution in [1.82, 2.24) is 4.31 Å². The molecule has 0 heterocycles. The fourth-order valence-corrected chi connectivity index (χ4v) is 3.35. The first-order valence-corrected chi connectivity index (χ1v) is 8.34. The highest BCUT2D eigenvalue weighted by Gasteiger charge is 2.27. The summed E-state index contributed by atoms with van der Waals surface area (Å²) in [4.78, 5) is 11.5. The predicted molar refractivity (Wildman–Crippen MR) is 87.3 cm³/mol. The van der Waals surface area contributed by atoms with Crippen LogP contribution in [0.3, 0.4) is 0 Å². The first-order valence-electron chi connectivity index (χ1n) is 6.90. The zero-order chi connectivity index (χ0) is 16.8. The van der Waals surface area contributed by atoms with Crippen molar-refractivity contribution in [3.63, 3.8) is 0 Å². The molecule has 0 saturated carbocycles. The van der Waals surface area contributed by atoms with Gasteiger partial charge in [-0.25, -0.2) is 17.5 Å². The number of hydrogen-bond donors (Lipinski definition) is 4. The first kappa shape index (κ1) is 18.1. The van der Waals surface area contributed by atoms with Gasteiger partial charge in [-0.05, 0) is 37.6 Å². The van der Waals surface area contributed by atoms with E-state index in [9.17, 15) is 13.2 Å². The number of urea groups is 1. The van der Waals surface area contributed by atoms with Crippen molar-refractivity contribution in [2.24, 2.45) is 11.5 Å². The van der Waals surface area contributed by atoms with Gasteiger partial charge in [0.1, 0.15) is 0 Å². The van der Waals surface area contributed by atoms with E-state index < -0.39 is 16.1 Å². The quantitative estimate of drug-likeness (QED) is 0.516. The Bertz CT molecular complexity index is 618. The number of sulfonamides is 1. The molecule has 6 N–H and O–H groups in total. The van der Waals surface area contributed by atoms with Crippen LogP contribution in [0.5, 0.6) is 0 Å². The molecule has 0 aliphatic heterocycles. The lowest BCUT2D eigenvalue weighted by Gasteiger charge is -2.21. The van der Waals surface area contributed by atoms with Crippen LogP contribution in [0.25, 0.3) is 0 Å². The van der Waals surface area contributed by atoms with Gasteiger partial charge in [0.15, 0.2) is 0 Å². The topological polar surface area (TPSA) is 131 Å². The number of benzene rings is 1. The van der Waals surface area contributed by atoms with Crippen LogP contribution in [0.1, 0.15) is 12.8 Å². The molecule has 0 bridgehead atoms. The summed E-state index contributed by atoms with van der Waals surface area (Å²) in [6.07, 6.45) is 1.08. The van der Waals surface area contributed by atoms with Gasteiger partial charge in [0.2, 0.25) is 0 Å². The average Bonchev–Trinajstić information content (AvgIpc) is 2.50. The molecular formula is C13H23N5O3S. The summed E-state index contributed by atoms with van der Waals surface area (Å²) in [7, 11) is -0.579. The summed E-state index contributed by atoms with van der Waals surface area (Å²) in [6, 6.07) is 3.51. The standard InChI is InChI=1S/C13H23N5O3S/c1-16-11-6-5-10(9-12(11)17-2)22(20,21)18(13(15)19)8-4-3-7-14/h5-6,9,16-17H,3-4,7-8,14H2,1-2H3,(H2,15,19). The zero-order valence-electron chi connectivity index (χ0n) is 12.8. The number of hydrogen-bond acceptors (Lipinski definition) is 6. The van der Waals surface area contributed by atoms with Crippen LogP contribution in [0.2, 0.25) is 0 Å². The van der Waals surface area contributed by atoms with Crippen molar-refractivity contribution in [1.29, 1.82) is 0 Å². The number of unbranched alkanes of at least 4 members (excludes halogenated alkanes) is 1. The fourth-order valence-electron chi connectivity index (χ4n) is 1.98. The van der Waals surface area contributed by atoms with E-state index in [1.165, 1.54) is 12.1 Å². The Hall–Kier alpha value is -2.00. The smallest absolute Gasteiger partial charge is 0.328 e. The van der Waals surface area contributed by atoms with Gasteiger partial charge in [-0.3, -0.25) is 0 Å². The lowest BCUT2D eigenvalue weighted by Crippen LogP contribution is -2.41. The fraction of sp³-hybridized carbons (Fsp3) is 0.462. The normalized spacial score (nSPS) is 11.0. The predicted octanol–water partition coefficient (Wildman–Crippen LogP) is 0.578. The second-order valence-electron chi connectivity index (χ2n) is 4.62. The van der Waals surface area contributed by atoms with Gasteiger partial charge in [0.05, 0.1) is 16.3 Å². The van der Waals surface area contributed by atoms with Crippen molar-refractivity contribution in [3.05, 3.63) is 18.2 Å². The summed E-state index contributed by atoms with van der Waals surface area (Å²) < 4.78 is 25.8. The molecule has 2 amide bonds. The van der Waals surface area contributed by atoms with Gasteiger partial charge in [-0.15, -0.1) is 0 Å². The number of nitrogens with two attached hydrogens (primary N) is 2. The number of rotatable bonds is 8.